The lowest BCUT2D eigenvalue weighted by molar-refractivity contribution is -0.138. The van der Waals surface area contributed by atoms with E-state index in [1.54, 1.807) is 26.0 Å². The maximum Gasteiger partial charge on any atom is 0.324 e. The summed E-state index contributed by atoms with van der Waals surface area (Å²) < 4.78 is 50.4. The molecule has 0 bridgehead atoms. The molecule has 0 saturated carbocycles. The van der Waals surface area contributed by atoms with Crippen molar-refractivity contribution >= 4 is 0 Å². The lowest BCUT2D eigenvalue weighted by atomic mass is 10.3. The molecule has 0 fully saturated rings. The molecule has 0 N–H and O–H groups in total. The molecule has 14 heavy (non-hydrogen) atoms. The summed E-state index contributed by atoms with van der Waals surface area (Å²) in [6, 6.07) is 3.24. The summed E-state index contributed by atoms with van der Waals surface area (Å²) in [5.41, 5.74) is 1.12. The van der Waals surface area contributed by atoms with Crippen molar-refractivity contribution in [2.24, 2.45) is 0 Å². The van der Waals surface area contributed by atoms with E-state index in [-0.39, 0.29) is 0 Å². The Bertz CT molecular complexity index is 297. The van der Waals surface area contributed by atoms with Crippen LogP contribution in [0.15, 0.2) is 12.1 Å². The Hall–Kier alpha value is -1.00. The highest BCUT2D eigenvalue weighted by Crippen LogP contribution is 2.26. The Morgan fingerprint density at radius 3 is 2.00 bits per heavy atom. The van der Waals surface area contributed by atoms with Crippen LogP contribution in [0.1, 0.15) is 11.4 Å². The molecule has 0 spiro atoms. The first-order chi connectivity index (χ1) is 6.34. The van der Waals surface area contributed by atoms with Crippen LogP contribution in [0.5, 0.6) is 0 Å². The first-order valence-corrected chi connectivity index (χ1v) is 4.13. The molecule has 0 atom stereocenters. The average molecular weight is 209 g/mol. The minimum absolute atomic E-state index is 0.558. The molecule has 0 saturated heterocycles. The molecule has 1 heterocycles. The Balaban J connectivity index is 2.88. The number of aryl methyl sites for hydroxylation is 2. The lowest BCUT2D eigenvalue weighted by Crippen LogP contribution is -2.32. The second-order valence-corrected chi connectivity index (χ2v) is 3.26. The molecule has 0 aliphatic carbocycles. The first-order valence-electron chi connectivity index (χ1n) is 4.13. The number of hydrogen-bond donors (Lipinski definition) is 0. The monoisotopic (exact) mass is 209 g/mol. The summed E-state index contributed by atoms with van der Waals surface area (Å²) in [5.74, 6) is -3.96. The fourth-order valence-electron chi connectivity index (χ4n) is 1.23. The van der Waals surface area contributed by atoms with Gasteiger partial charge in [0, 0.05) is 11.4 Å². The van der Waals surface area contributed by atoms with E-state index in [2.05, 4.69) is 0 Å². The third-order valence-corrected chi connectivity index (χ3v) is 2.11. The van der Waals surface area contributed by atoms with Crippen LogP contribution in [0.2, 0.25) is 0 Å². The van der Waals surface area contributed by atoms with Gasteiger partial charge in [-0.3, -0.25) is 0 Å². The second-order valence-electron chi connectivity index (χ2n) is 3.26. The van der Waals surface area contributed by atoms with E-state index in [4.69, 9.17) is 0 Å². The van der Waals surface area contributed by atoms with Crippen LogP contribution in [0.4, 0.5) is 17.6 Å². The lowest BCUT2D eigenvalue weighted by Gasteiger charge is -2.18. The van der Waals surface area contributed by atoms with Crippen molar-refractivity contribution in [1.29, 1.82) is 0 Å². The van der Waals surface area contributed by atoms with E-state index in [1.165, 1.54) is 4.57 Å². The maximum atomic E-state index is 12.7. The van der Waals surface area contributed by atoms with Crippen LogP contribution in [0.25, 0.3) is 0 Å². The van der Waals surface area contributed by atoms with E-state index in [0.717, 1.165) is 0 Å². The summed E-state index contributed by atoms with van der Waals surface area (Å²) in [6.07, 6.45) is -3.62. The number of halogens is 4. The maximum absolute atomic E-state index is 12.7. The molecule has 80 valence electrons. The largest absolute Gasteiger partial charge is 0.343 e. The van der Waals surface area contributed by atoms with Crippen molar-refractivity contribution in [3.05, 3.63) is 23.5 Å². The molecular formula is C9H11F4N. The van der Waals surface area contributed by atoms with Crippen molar-refractivity contribution in [2.45, 2.75) is 32.7 Å². The minimum atomic E-state index is -3.96. The van der Waals surface area contributed by atoms with Gasteiger partial charge in [-0.05, 0) is 26.0 Å². The quantitative estimate of drug-likeness (QED) is 0.674. The number of hydrogen-bond acceptors (Lipinski definition) is 0. The fraction of sp³-hybridized carbons (Fsp3) is 0.556. The first kappa shape index (κ1) is 11.1. The number of rotatable bonds is 3. The van der Waals surface area contributed by atoms with Gasteiger partial charge in [0.25, 0.3) is 0 Å². The van der Waals surface area contributed by atoms with Gasteiger partial charge in [0.1, 0.15) is 0 Å². The van der Waals surface area contributed by atoms with Crippen molar-refractivity contribution < 1.29 is 17.6 Å². The molecule has 1 rings (SSSR count). The van der Waals surface area contributed by atoms with Gasteiger partial charge in [-0.2, -0.15) is 8.78 Å². The predicted molar refractivity (Wildman–Crippen MR) is 44.9 cm³/mol. The zero-order valence-electron chi connectivity index (χ0n) is 7.90. The Labute approximate surface area is 79.3 Å². The van der Waals surface area contributed by atoms with E-state index in [9.17, 15) is 17.6 Å². The molecule has 5 heteroatoms. The number of nitrogens with zero attached hydrogens (tertiary/aromatic N) is 1. The SMILES string of the molecule is Cc1ccc(C)n1CC(F)(F)C(F)F. The molecule has 0 unspecified atom stereocenters. The number of alkyl halides is 4. The van der Waals surface area contributed by atoms with Crippen LogP contribution < -0.4 is 0 Å². The minimum Gasteiger partial charge on any atom is -0.343 e. The van der Waals surface area contributed by atoms with Gasteiger partial charge in [-0.25, -0.2) is 8.78 Å². The molecule has 0 aliphatic rings. The highest BCUT2D eigenvalue weighted by molar-refractivity contribution is 5.14. The van der Waals surface area contributed by atoms with Crippen molar-refractivity contribution in [3.8, 4) is 0 Å². The van der Waals surface area contributed by atoms with Gasteiger partial charge in [0.2, 0.25) is 0 Å². The standard InChI is InChI=1S/C9H11F4N/c1-6-3-4-7(2)14(6)5-9(12,13)8(10)11/h3-4,8H,5H2,1-2H3. The molecule has 0 amide bonds. The number of aromatic nitrogens is 1. The van der Waals surface area contributed by atoms with Crippen LogP contribution in [-0.2, 0) is 6.54 Å². The molecule has 1 aromatic rings. The molecular weight excluding hydrogens is 198 g/mol. The Morgan fingerprint density at radius 2 is 1.64 bits per heavy atom. The Morgan fingerprint density at radius 1 is 1.21 bits per heavy atom. The van der Waals surface area contributed by atoms with E-state index < -0.39 is 18.9 Å². The van der Waals surface area contributed by atoms with Crippen molar-refractivity contribution in [2.75, 3.05) is 0 Å². The van der Waals surface area contributed by atoms with Gasteiger partial charge < -0.3 is 4.57 Å². The van der Waals surface area contributed by atoms with Crippen LogP contribution in [0, 0.1) is 13.8 Å². The summed E-state index contributed by atoms with van der Waals surface area (Å²) in [4.78, 5) is 0. The molecule has 1 aromatic heterocycles. The van der Waals surface area contributed by atoms with Gasteiger partial charge in [-0.1, -0.05) is 0 Å². The third-order valence-electron chi connectivity index (χ3n) is 2.11. The van der Waals surface area contributed by atoms with Gasteiger partial charge in [0.15, 0.2) is 0 Å². The predicted octanol–water partition coefficient (Wildman–Crippen LogP) is 3.01. The van der Waals surface area contributed by atoms with Crippen LogP contribution in [-0.4, -0.2) is 16.9 Å². The zero-order valence-corrected chi connectivity index (χ0v) is 7.90. The molecule has 0 radical (unpaired) electrons. The molecule has 0 aromatic carbocycles. The highest BCUT2D eigenvalue weighted by atomic mass is 19.3. The summed E-state index contributed by atoms with van der Waals surface area (Å²) >= 11 is 0. The van der Waals surface area contributed by atoms with E-state index >= 15 is 0 Å². The highest BCUT2D eigenvalue weighted by Gasteiger charge is 2.41. The average Bonchev–Trinajstić information content (AvgIpc) is 2.35. The third kappa shape index (κ3) is 2.08. The normalized spacial score (nSPS) is 12.5. The van der Waals surface area contributed by atoms with Crippen molar-refractivity contribution in [3.63, 3.8) is 0 Å². The summed E-state index contributed by atoms with van der Waals surface area (Å²) in [6.45, 7) is 2.25. The Kier molecular flexibility index (Phi) is 2.87. The van der Waals surface area contributed by atoms with Gasteiger partial charge >= 0.3 is 12.3 Å². The smallest absolute Gasteiger partial charge is 0.324 e. The van der Waals surface area contributed by atoms with Crippen LogP contribution in [0.3, 0.4) is 0 Å². The van der Waals surface area contributed by atoms with E-state index in [1.807, 2.05) is 0 Å². The van der Waals surface area contributed by atoms with Gasteiger partial charge in [-0.15, -0.1) is 0 Å². The second kappa shape index (κ2) is 3.63. The van der Waals surface area contributed by atoms with Crippen LogP contribution >= 0.6 is 0 Å². The summed E-state index contributed by atoms with van der Waals surface area (Å²) in [5, 5.41) is 0. The van der Waals surface area contributed by atoms with Crippen molar-refractivity contribution in [1.82, 2.24) is 4.57 Å². The zero-order chi connectivity index (χ0) is 10.9. The summed E-state index contributed by atoms with van der Waals surface area (Å²) in [7, 11) is 0. The van der Waals surface area contributed by atoms with Gasteiger partial charge in [0.05, 0.1) is 6.54 Å². The molecule has 0 aliphatic heterocycles. The fourth-order valence-corrected chi connectivity index (χ4v) is 1.23. The topological polar surface area (TPSA) is 4.93 Å². The van der Waals surface area contributed by atoms with E-state index in [0.29, 0.717) is 11.4 Å². The molecule has 1 nitrogen and oxygen atoms in total.